The summed E-state index contributed by atoms with van der Waals surface area (Å²) in [4.78, 5) is 6.52. The highest BCUT2D eigenvalue weighted by atomic mass is 15.1. The molecule has 0 aliphatic carbocycles. The summed E-state index contributed by atoms with van der Waals surface area (Å²) in [6.45, 7) is 3.16. The van der Waals surface area contributed by atoms with Crippen molar-refractivity contribution in [1.29, 1.82) is 0 Å². The normalized spacial score (nSPS) is 19.3. The lowest BCUT2D eigenvalue weighted by Crippen LogP contribution is -2.33. The van der Waals surface area contributed by atoms with Crippen molar-refractivity contribution in [2.75, 3.05) is 6.54 Å². The van der Waals surface area contributed by atoms with Crippen molar-refractivity contribution in [2.24, 2.45) is 4.99 Å². The summed E-state index contributed by atoms with van der Waals surface area (Å²) in [6, 6.07) is 0. The maximum absolute atomic E-state index is 4.37. The summed E-state index contributed by atoms with van der Waals surface area (Å²) < 4.78 is 0. The van der Waals surface area contributed by atoms with Gasteiger partial charge in [0.05, 0.1) is 0 Å². The lowest BCUT2D eigenvalue weighted by molar-refractivity contribution is 0.704. The molecule has 1 rings (SSSR count). The van der Waals surface area contributed by atoms with Gasteiger partial charge in [-0.25, -0.2) is 0 Å². The van der Waals surface area contributed by atoms with Gasteiger partial charge in [-0.3, -0.25) is 4.99 Å². The standard InChI is InChI=1S/C5H11B3N2/c1-3-2-10(8)5(7)9-4(3)6/h2,6-8H2,1H3. The van der Waals surface area contributed by atoms with E-state index in [0.717, 1.165) is 12.3 Å². The molecule has 0 amide bonds. The molecular formula is C5H11B3N2. The first-order valence-corrected chi connectivity index (χ1v) is 3.54. The second-order valence-corrected chi connectivity index (χ2v) is 2.88. The smallest absolute Gasteiger partial charge is 0.218 e. The topological polar surface area (TPSA) is 15.6 Å². The van der Waals surface area contributed by atoms with E-state index in [1.807, 2.05) is 7.85 Å². The average molecular weight is 132 g/mol. The number of nitrogens with zero attached hydrogens (tertiary/aromatic N) is 2. The molecule has 10 heavy (non-hydrogen) atoms. The Morgan fingerprint density at radius 1 is 1.50 bits per heavy atom. The van der Waals surface area contributed by atoms with Crippen LogP contribution in [0.3, 0.4) is 0 Å². The van der Waals surface area contributed by atoms with Crippen LogP contribution in [0.2, 0.25) is 0 Å². The van der Waals surface area contributed by atoms with Crippen molar-refractivity contribution in [3.8, 4) is 0 Å². The average Bonchev–Trinajstić information content (AvgIpc) is 1.84. The highest BCUT2D eigenvalue weighted by Gasteiger charge is 2.08. The van der Waals surface area contributed by atoms with Gasteiger partial charge in [-0.2, -0.15) is 0 Å². The molecule has 0 aromatic heterocycles. The Labute approximate surface area is 64.6 Å². The van der Waals surface area contributed by atoms with E-state index in [4.69, 9.17) is 0 Å². The van der Waals surface area contributed by atoms with Gasteiger partial charge in [0.25, 0.3) is 0 Å². The maximum atomic E-state index is 4.37. The Bertz CT molecular complexity index is 209. The molecule has 1 aliphatic rings. The third-order valence-corrected chi connectivity index (χ3v) is 1.97. The molecule has 0 aromatic carbocycles. The second kappa shape index (κ2) is 2.56. The van der Waals surface area contributed by atoms with Crippen LogP contribution in [0.4, 0.5) is 0 Å². The fourth-order valence-corrected chi connectivity index (χ4v) is 1.01. The van der Waals surface area contributed by atoms with E-state index in [9.17, 15) is 0 Å². The van der Waals surface area contributed by atoms with Crippen LogP contribution < -0.4 is 0 Å². The molecule has 0 radical (unpaired) electrons. The second-order valence-electron chi connectivity index (χ2n) is 2.88. The van der Waals surface area contributed by atoms with Crippen molar-refractivity contribution in [3.05, 3.63) is 11.2 Å². The minimum absolute atomic E-state index is 1.03. The largest absolute Gasteiger partial charge is 0.415 e. The molecule has 0 fully saturated rings. The number of aliphatic imine (C=N–C) groups is 1. The molecular weight excluding hydrogens is 121 g/mol. The molecule has 50 valence electrons. The Morgan fingerprint density at radius 2 is 2.10 bits per heavy atom. The predicted octanol–water partition coefficient (Wildman–Crippen LogP) is -2.30. The van der Waals surface area contributed by atoms with E-state index in [-0.39, 0.29) is 0 Å². The number of rotatable bonds is 0. The third-order valence-electron chi connectivity index (χ3n) is 1.97. The number of hydrogen-bond acceptors (Lipinski definition) is 2. The fourth-order valence-electron chi connectivity index (χ4n) is 1.01. The van der Waals surface area contributed by atoms with Gasteiger partial charge >= 0.3 is 0 Å². The molecule has 1 heterocycles. The fraction of sp³-hybridized carbons (Fsp3) is 0.400. The monoisotopic (exact) mass is 132 g/mol. The lowest BCUT2D eigenvalue weighted by atomic mass is 9.92. The van der Waals surface area contributed by atoms with E-state index >= 15 is 0 Å². The zero-order chi connectivity index (χ0) is 7.72. The summed E-state index contributed by atoms with van der Waals surface area (Å²) in [5.74, 6) is 0. The quantitative estimate of drug-likeness (QED) is 0.338. The van der Waals surface area contributed by atoms with Gasteiger partial charge in [0.15, 0.2) is 15.7 Å². The van der Waals surface area contributed by atoms with Crippen molar-refractivity contribution >= 4 is 29.4 Å². The van der Waals surface area contributed by atoms with Crippen LogP contribution in [0, 0.1) is 0 Å². The van der Waals surface area contributed by atoms with E-state index in [1.54, 1.807) is 0 Å². The van der Waals surface area contributed by atoms with Crippen LogP contribution in [0.25, 0.3) is 0 Å². The molecule has 0 spiro atoms. The Hall–Kier alpha value is -0.595. The van der Waals surface area contributed by atoms with E-state index in [0.29, 0.717) is 0 Å². The van der Waals surface area contributed by atoms with Gasteiger partial charge in [-0.15, -0.1) is 0 Å². The van der Waals surface area contributed by atoms with E-state index < -0.39 is 0 Å². The zero-order valence-corrected chi connectivity index (χ0v) is 7.10. The first kappa shape index (κ1) is 7.51. The predicted molar refractivity (Wildman–Crippen MR) is 52.5 cm³/mol. The van der Waals surface area contributed by atoms with Crippen LogP contribution in [-0.2, 0) is 0 Å². The Morgan fingerprint density at radius 3 is 2.60 bits per heavy atom. The van der Waals surface area contributed by atoms with Crippen LogP contribution in [0.1, 0.15) is 6.92 Å². The summed E-state index contributed by atoms with van der Waals surface area (Å²) in [6.07, 6.45) is 0. The molecule has 0 saturated carbocycles. The molecule has 1 aliphatic heterocycles. The first-order valence-electron chi connectivity index (χ1n) is 3.54. The molecule has 0 aromatic rings. The maximum Gasteiger partial charge on any atom is 0.218 e. The highest BCUT2D eigenvalue weighted by Crippen LogP contribution is 2.08. The van der Waals surface area contributed by atoms with Gasteiger partial charge in [-0.05, 0) is 18.1 Å². The molecule has 0 bridgehead atoms. The number of amidine groups is 1. The van der Waals surface area contributed by atoms with Crippen LogP contribution >= 0.6 is 0 Å². The van der Waals surface area contributed by atoms with Crippen LogP contribution in [-0.4, -0.2) is 40.8 Å². The molecule has 5 heteroatoms. The number of hydrogen-bond donors (Lipinski definition) is 0. The van der Waals surface area contributed by atoms with Crippen LogP contribution in [0.15, 0.2) is 16.2 Å². The highest BCUT2D eigenvalue weighted by molar-refractivity contribution is 6.62. The molecule has 0 saturated heterocycles. The Kier molecular flexibility index (Phi) is 1.93. The van der Waals surface area contributed by atoms with Gasteiger partial charge < -0.3 is 4.81 Å². The molecule has 0 atom stereocenters. The van der Waals surface area contributed by atoms with Gasteiger partial charge in [0.2, 0.25) is 7.98 Å². The lowest BCUT2D eigenvalue weighted by Gasteiger charge is -2.25. The van der Waals surface area contributed by atoms with Gasteiger partial charge in [0, 0.05) is 12.3 Å². The van der Waals surface area contributed by atoms with Crippen LogP contribution in [0.5, 0.6) is 0 Å². The Balaban J connectivity index is 2.88. The zero-order valence-electron chi connectivity index (χ0n) is 7.10. The van der Waals surface area contributed by atoms with E-state index in [1.165, 1.54) is 11.2 Å². The molecule has 2 nitrogen and oxygen atoms in total. The third kappa shape index (κ3) is 1.28. The summed E-state index contributed by atoms with van der Waals surface area (Å²) in [5.41, 5.74) is 3.66. The molecule has 0 N–H and O–H groups in total. The minimum Gasteiger partial charge on any atom is -0.415 e. The minimum atomic E-state index is 1.03. The van der Waals surface area contributed by atoms with Gasteiger partial charge in [-0.1, -0.05) is 0 Å². The van der Waals surface area contributed by atoms with Gasteiger partial charge in [0.1, 0.15) is 0 Å². The van der Waals surface area contributed by atoms with Crippen molar-refractivity contribution in [2.45, 2.75) is 6.92 Å². The van der Waals surface area contributed by atoms with Crippen molar-refractivity contribution < 1.29 is 0 Å². The van der Waals surface area contributed by atoms with Crippen molar-refractivity contribution in [1.82, 2.24) is 4.81 Å². The summed E-state index contributed by atoms with van der Waals surface area (Å²) in [5, 5.41) is 0. The summed E-state index contributed by atoms with van der Waals surface area (Å²) in [7, 11) is 6.16. The van der Waals surface area contributed by atoms with Crippen molar-refractivity contribution in [3.63, 3.8) is 0 Å². The van der Waals surface area contributed by atoms with E-state index in [2.05, 4.69) is 32.6 Å². The first-order chi connectivity index (χ1) is 4.61. The molecule has 0 unspecified atom stereocenters. The SMILES string of the molecule is BC1=NC(B)=C(C)CN1B. The summed E-state index contributed by atoms with van der Waals surface area (Å²) >= 11 is 0.